The van der Waals surface area contributed by atoms with Crippen LogP contribution >= 0.6 is 15.9 Å². The monoisotopic (exact) mass is 285 g/mol. The first kappa shape index (κ1) is 13.1. The molecular weight excluding hydrogens is 270 g/mol. The Morgan fingerprint density at radius 3 is 2.81 bits per heavy atom. The van der Waals surface area contributed by atoms with E-state index in [2.05, 4.69) is 26.2 Å². The molecule has 0 aliphatic heterocycles. The highest BCUT2D eigenvalue weighted by atomic mass is 79.9. The van der Waals surface area contributed by atoms with E-state index in [1.807, 2.05) is 19.9 Å². The van der Waals surface area contributed by atoms with Gasteiger partial charge in [-0.15, -0.1) is 0 Å². The third kappa shape index (κ3) is 4.72. The van der Waals surface area contributed by atoms with E-state index in [0.717, 1.165) is 10.0 Å². The fraction of sp³-hybridized carbons (Fsp3) is 0.455. The van der Waals surface area contributed by atoms with Gasteiger partial charge in [-0.25, -0.2) is 0 Å². The van der Waals surface area contributed by atoms with Gasteiger partial charge in [-0.1, -0.05) is 0 Å². The van der Waals surface area contributed by atoms with Crippen molar-refractivity contribution in [3.05, 3.63) is 28.5 Å². The predicted molar refractivity (Wildman–Crippen MR) is 66.7 cm³/mol. The van der Waals surface area contributed by atoms with E-state index in [-0.39, 0.29) is 11.4 Å². The Bertz CT molecular complexity index is 379. The van der Waals surface area contributed by atoms with Gasteiger partial charge < -0.3 is 11.1 Å². The average Bonchev–Trinajstić information content (AvgIpc) is 2.13. The van der Waals surface area contributed by atoms with Crippen molar-refractivity contribution in [2.24, 2.45) is 5.73 Å². The summed E-state index contributed by atoms with van der Waals surface area (Å²) in [5, 5.41) is 3.27. The smallest absolute Gasteiger partial charge is 0.219 e. The average molecular weight is 286 g/mol. The molecule has 0 unspecified atom stereocenters. The highest BCUT2D eigenvalue weighted by Gasteiger charge is 2.19. The molecule has 0 fully saturated rings. The molecule has 16 heavy (non-hydrogen) atoms. The van der Waals surface area contributed by atoms with Crippen LogP contribution in [0.4, 0.5) is 0 Å². The fourth-order valence-corrected chi connectivity index (χ4v) is 1.80. The van der Waals surface area contributed by atoms with E-state index in [1.54, 1.807) is 12.4 Å². The lowest BCUT2D eigenvalue weighted by Crippen LogP contribution is -2.42. The Labute approximate surface area is 104 Å². The Morgan fingerprint density at radius 2 is 2.25 bits per heavy atom. The van der Waals surface area contributed by atoms with Crippen molar-refractivity contribution < 1.29 is 4.79 Å². The highest BCUT2D eigenvalue weighted by molar-refractivity contribution is 9.10. The largest absolute Gasteiger partial charge is 0.370 e. The van der Waals surface area contributed by atoms with E-state index in [0.29, 0.717) is 13.0 Å². The quantitative estimate of drug-likeness (QED) is 0.863. The van der Waals surface area contributed by atoms with Gasteiger partial charge in [0.25, 0.3) is 0 Å². The van der Waals surface area contributed by atoms with Crippen LogP contribution in [0.1, 0.15) is 25.8 Å². The molecule has 0 atom stereocenters. The number of amides is 1. The Morgan fingerprint density at radius 1 is 1.56 bits per heavy atom. The van der Waals surface area contributed by atoms with Gasteiger partial charge in [-0.3, -0.25) is 9.78 Å². The molecule has 1 aromatic rings. The zero-order valence-corrected chi connectivity index (χ0v) is 11.0. The van der Waals surface area contributed by atoms with Crippen molar-refractivity contribution in [1.29, 1.82) is 0 Å². The van der Waals surface area contributed by atoms with Crippen LogP contribution in [0.5, 0.6) is 0 Å². The summed E-state index contributed by atoms with van der Waals surface area (Å²) in [5.41, 5.74) is 5.94. The minimum Gasteiger partial charge on any atom is -0.370 e. The third-order valence-corrected chi connectivity index (χ3v) is 2.58. The van der Waals surface area contributed by atoms with Gasteiger partial charge in [0.2, 0.25) is 5.91 Å². The van der Waals surface area contributed by atoms with Crippen LogP contribution in [0.3, 0.4) is 0 Å². The molecule has 0 radical (unpaired) electrons. The Kier molecular flexibility index (Phi) is 4.44. The Balaban J connectivity index is 2.54. The summed E-state index contributed by atoms with van der Waals surface area (Å²) in [6.07, 6.45) is 3.84. The predicted octanol–water partition coefficient (Wildman–Crippen LogP) is 1.59. The molecule has 0 aliphatic rings. The van der Waals surface area contributed by atoms with Crippen molar-refractivity contribution in [3.8, 4) is 0 Å². The first-order valence-electron chi connectivity index (χ1n) is 5.02. The number of carbonyl (C=O) groups excluding carboxylic acids is 1. The van der Waals surface area contributed by atoms with Gasteiger partial charge in [0.15, 0.2) is 0 Å². The first-order chi connectivity index (χ1) is 7.39. The fourth-order valence-electron chi connectivity index (χ4n) is 1.39. The number of carbonyl (C=O) groups is 1. The normalized spacial score (nSPS) is 11.4. The van der Waals surface area contributed by atoms with Crippen LogP contribution in [-0.4, -0.2) is 16.4 Å². The van der Waals surface area contributed by atoms with Crippen LogP contribution in [0.25, 0.3) is 0 Å². The van der Waals surface area contributed by atoms with Crippen LogP contribution in [0.15, 0.2) is 22.9 Å². The number of hydrogen-bond acceptors (Lipinski definition) is 3. The first-order valence-corrected chi connectivity index (χ1v) is 5.81. The lowest BCUT2D eigenvalue weighted by Gasteiger charge is -2.24. The number of nitrogens with two attached hydrogens (primary N) is 1. The van der Waals surface area contributed by atoms with Gasteiger partial charge >= 0.3 is 0 Å². The summed E-state index contributed by atoms with van der Waals surface area (Å²) >= 11 is 3.36. The molecule has 0 bridgehead atoms. The molecule has 0 saturated carbocycles. The van der Waals surface area contributed by atoms with E-state index >= 15 is 0 Å². The molecule has 3 N–H and O–H groups in total. The van der Waals surface area contributed by atoms with E-state index in [9.17, 15) is 4.79 Å². The summed E-state index contributed by atoms with van der Waals surface area (Å²) < 4.78 is 0.944. The van der Waals surface area contributed by atoms with Gasteiger partial charge in [-0.05, 0) is 41.4 Å². The maximum Gasteiger partial charge on any atom is 0.219 e. The zero-order valence-electron chi connectivity index (χ0n) is 9.46. The van der Waals surface area contributed by atoms with Gasteiger partial charge in [-0.2, -0.15) is 0 Å². The standard InChI is InChI=1S/C11H16BrN3O/c1-11(2,4-10(13)16)15-6-8-3-9(12)7-14-5-8/h3,5,7,15H,4,6H2,1-2H3,(H2,13,16). The molecule has 0 spiro atoms. The van der Waals surface area contributed by atoms with Gasteiger partial charge in [0, 0.05) is 35.4 Å². The van der Waals surface area contributed by atoms with Gasteiger partial charge in [0.05, 0.1) is 0 Å². The second kappa shape index (κ2) is 5.41. The number of nitrogens with zero attached hydrogens (tertiary/aromatic N) is 1. The molecule has 4 nitrogen and oxygen atoms in total. The molecule has 0 aromatic carbocycles. The van der Waals surface area contributed by atoms with E-state index in [1.165, 1.54) is 0 Å². The molecule has 1 heterocycles. The van der Waals surface area contributed by atoms with E-state index < -0.39 is 0 Å². The number of primary amides is 1. The van der Waals surface area contributed by atoms with Crippen molar-refractivity contribution in [2.75, 3.05) is 0 Å². The van der Waals surface area contributed by atoms with Crippen molar-refractivity contribution in [3.63, 3.8) is 0 Å². The van der Waals surface area contributed by atoms with E-state index in [4.69, 9.17) is 5.73 Å². The number of pyridine rings is 1. The van der Waals surface area contributed by atoms with Crippen LogP contribution in [-0.2, 0) is 11.3 Å². The molecular formula is C11H16BrN3O. The number of nitrogens with one attached hydrogen (secondary N) is 1. The number of aromatic nitrogens is 1. The van der Waals surface area contributed by atoms with Gasteiger partial charge in [0.1, 0.15) is 0 Å². The SMILES string of the molecule is CC(C)(CC(N)=O)NCc1cncc(Br)c1. The van der Waals surface area contributed by atoms with Crippen molar-refractivity contribution in [1.82, 2.24) is 10.3 Å². The van der Waals surface area contributed by atoms with Crippen molar-refractivity contribution >= 4 is 21.8 Å². The lowest BCUT2D eigenvalue weighted by molar-refractivity contribution is -0.119. The van der Waals surface area contributed by atoms with Crippen LogP contribution in [0.2, 0.25) is 0 Å². The molecule has 5 heteroatoms. The molecule has 0 saturated heterocycles. The van der Waals surface area contributed by atoms with Crippen LogP contribution in [0, 0.1) is 0 Å². The maximum atomic E-state index is 10.8. The molecule has 1 amide bonds. The van der Waals surface area contributed by atoms with Crippen molar-refractivity contribution in [2.45, 2.75) is 32.4 Å². The number of halogens is 1. The topological polar surface area (TPSA) is 68.0 Å². The molecule has 88 valence electrons. The van der Waals surface area contributed by atoms with Crippen LogP contribution < -0.4 is 11.1 Å². The summed E-state index contributed by atoms with van der Waals surface area (Å²) in [6.45, 7) is 4.55. The third-order valence-electron chi connectivity index (χ3n) is 2.15. The Hall–Kier alpha value is -0.940. The number of hydrogen-bond donors (Lipinski definition) is 2. The molecule has 0 aliphatic carbocycles. The summed E-state index contributed by atoms with van der Waals surface area (Å²) in [4.78, 5) is 14.9. The minimum atomic E-state index is -0.301. The summed E-state index contributed by atoms with van der Waals surface area (Å²) in [5.74, 6) is -0.301. The second-order valence-corrected chi connectivity index (χ2v) is 5.31. The number of rotatable bonds is 5. The molecule has 1 rings (SSSR count). The maximum absolute atomic E-state index is 10.8. The minimum absolute atomic E-state index is 0.297. The lowest BCUT2D eigenvalue weighted by atomic mass is 10.00. The molecule has 1 aromatic heterocycles. The second-order valence-electron chi connectivity index (χ2n) is 4.39. The summed E-state index contributed by atoms with van der Waals surface area (Å²) in [6, 6.07) is 1.99. The highest BCUT2D eigenvalue weighted by Crippen LogP contribution is 2.12. The summed E-state index contributed by atoms with van der Waals surface area (Å²) in [7, 11) is 0. The zero-order chi connectivity index (χ0) is 12.2.